The van der Waals surface area contributed by atoms with Crippen molar-refractivity contribution in [2.45, 2.75) is 76.4 Å². The first kappa shape index (κ1) is 16.1. The maximum absolute atomic E-state index is 12.9. The van der Waals surface area contributed by atoms with Gasteiger partial charge in [0, 0.05) is 6.04 Å². The second kappa shape index (κ2) is 7.15. The Morgan fingerprint density at radius 1 is 1.00 bits per heavy atom. The van der Waals surface area contributed by atoms with Crippen molar-refractivity contribution >= 4 is 0 Å². The average Bonchev–Trinajstić information content (AvgIpc) is 2.45. The summed E-state index contributed by atoms with van der Waals surface area (Å²) in [5.41, 5.74) is 0. The lowest BCUT2D eigenvalue weighted by Gasteiger charge is -2.37. The van der Waals surface area contributed by atoms with E-state index in [4.69, 9.17) is 0 Å². The van der Waals surface area contributed by atoms with Gasteiger partial charge in [-0.05, 0) is 44.6 Å². The van der Waals surface area contributed by atoms with Gasteiger partial charge in [0.05, 0.1) is 5.92 Å². The highest BCUT2D eigenvalue weighted by atomic mass is 19.4. The second-order valence-corrected chi connectivity index (χ2v) is 6.80. The summed E-state index contributed by atoms with van der Waals surface area (Å²) in [5, 5.41) is 3.32. The first-order valence-corrected chi connectivity index (χ1v) is 8.24. The van der Waals surface area contributed by atoms with Crippen LogP contribution in [-0.2, 0) is 0 Å². The summed E-state index contributed by atoms with van der Waals surface area (Å²) < 4.78 is 38.8. The third-order valence-electron chi connectivity index (χ3n) is 5.43. The minimum absolute atomic E-state index is 0.210. The molecule has 1 N–H and O–H groups in total. The lowest BCUT2D eigenvalue weighted by molar-refractivity contribution is -0.186. The monoisotopic (exact) mass is 291 g/mol. The molecule has 2 aliphatic carbocycles. The summed E-state index contributed by atoms with van der Waals surface area (Å²) in [4.78, 5) is 0. The minimum atomic E-state index is -4.00. The molecule has 0 aromatic carbocycles. The summed E-state index contributed by atoms with van der Waals surface area (Å²) in [6.45, 7) is 0. The highest BCUT2D eigenvalue weighted by Crippen LogP contribution is 2.42. The van der Waals surface area contributed by atoms with Crippen LogP contribution in [0.1, 0.15) is 64.2 Å². The van der Waals surface area contributed by atoms with Crippen molar-refractivity contribution in [3.63, 3.8) is 0 Å². The number of halogens is 3. The molecule has 0 spiro atoms. The van der Waals surface area contributed by atoms with Gasteiger partial charge in [0.25, 0.3) is 0 Å². The molecule has 0 aliphatic heterocycles. The number of hydrogen-bond donors (Lipinski definition) is 1. The Morgan fingerprint density at radius 3 is 2.30 bits per heavy atom. The van der Waals surface area contributed by atoms with E-state index >= 15 is 0 Å². The fraction of sp³-hybridized carbons (Fsp3) is 1.00. The van der Waals surface area contributed by atoms with Crippen molar-refractivity contribution in [2.24, 2.45) is 17.8 Å². The number of alkyl halides is 3. The highest BCUT2D eigenvalue weighted by molar-refractivity contribution is 4.86. The van der Waals surface area contributed by atoms with Crippen LogP contribution in [-0.4, -0.2) is 19.3 Å². The Balaban J connectivity index is 1.89. The van der Waals surface area contributed by atoms with Crippen LogP contribution in [0.5, 0.6) is 0 Å². The molecule has 2 fully saturated rings. The van der Waals surface area contributed by atoms with Crippen LogP contribution < -0.4 is 5.32 Å². The smallest absolute Gasteiger partial charge is 0.317 e. The van der Waals surface area contributed by atoms with Gasteiger partial charge in [-0.2, -0.15) is 13.2 Å². The van der Waals surface area contributed by atoms with Gasteiger partial charge in [0.2, 0.25) is 0 Å². The molecule has 2 aliphatic rings. The molecule has 3 atom stereocenters. The Labute approximate surface area is 120 Å². The van der Waals surface area contributed by atoms with E-state index < -0.39 is 12.1 Å². The first-order valence-electron chi connectivity index (χ1n) is 8.24. The van der Waals surface area contributed by atoms with E-state index in [1.54, 1.807) is 0 Å². The summed E-state index contributed by atoms with van der Waals surface area (Å²) in [5.74, 6) is -0.127. The van der Waals surface area contributed by atoms with Gasteiger partial charge in [-0.15, -0.1) is 0 Å². The van der Waals surface area contributed by atoms with Crippen molar-refractivity contribution in [1.29, 1.82) is 0 Å². The third kappa shape index (κ3) is 4.37. The zero-order valence-electron chi connectivity index (χ0n) is 12.5. The predicted molar refractivity (Wildman–Crippen MR) is 75.5 cm³/mol. The van der Waals surface area contributed by atoms with Gasteiger partial charge < -0.3 is 5.32 Å². The summed E-state index contributed by atoms with van der Waals surface area (Å²) >= 11 is 0. The van der Waals surface area contributed by atoms with Gasteiger partial charge in [0.1, 0.15) is 0 Å². The third-order valence-corrected chi connectivity index (χ3v) is 5.43. The molecule has 2 saturated carbocycles. The Hall–Kier alpha value is -0.250. The van der Waals surface area contributed by atoms with Crippen molar-refractivity contribution in [1.82, 2.24) is 5.32 Å². The van der Waals surface area contributed by atoms with E-state index in [0.29, 0.717) is 12.8 Å². The minimum Gasteiger partial charge on any atom is -0.317 e. The maximum atomic E-state index is 12.9. The van der Waals surface area contributed by atoms with E-state index in [1.807, 2.05) is 7.05 Å². The van der Waals surface area contributed by atoms with Crippen LogP contribution in [0.3, 0.4) is 0 Å². The molecule has 20 heavy (non-hydrogen) atoms. The molecule has 0 bridgehead atoms. The topological polar surface area (TPSA) is 12.0 Å². The molecule has 0 aromatic heterocycles. The quantitative estimate of drug-likeness (QED) is 0.775. The van der Waals surface area contributed by atoms with Crippen LogP contribution in [0.15, 0.2) is 0 Å². The van der Waals surface area contributed by atoms with Crippen LogP contribution in [0.25, 0.3) is 0 Å². The van der Waals surface area contributed by atoms with Crippen LogP contribution in [0, 0.1) is 17.8 Å². The molecule has 0 saturated heterocycles. The molecular weight excluding hydrogens is 263 g/mol. The van der Waals surface area contributed by atoms with Gasteiger partial charge in [-0.3, -0.25) is 0 Å². The second-order valence-electron chi connectivity index (χ2n) is 6.80. The zero-order chi connectivity index (χ0) is 14.6. The molecular formula is C16H28F3N. The maximum Gasteiger partial charge on any atom is 0.391 e. The zero-order valence-corrected chi connectivity index (χ0v) is 12.5. The lowest BCUT2D eigenvalue weighted by Crippen LogP contribution is -2.40. The Bertz CT molecular complexity index is 284. The van der Waals surface area contributed by atoms with Crippen molar-refractivity contribution in [3.05, 3.63) is 0 Å². The van der Waals surface area contributed by atoms with Gasteiger partial charge in [0.15, 0.2) is 0 Å². The summed E-state index contributed by atoms with van der Waals surface area (Å²) in [6.07, 6.45) is 5.92. The highest BCUT2D eigenvalue weighted by Gasteiger charge is 2.43. The van der Waals surface area contributed by atoms with Crippen molar-refractivity contribution < 1.29 is 13.2 Å². The fourth-order valence-corrected chi connectivity index (χ4v) is 4.22. The molecule has 2 rings (SSSR count). The van der Waals surface area contributed by atoms with Crippen LogP contribution >= 0.6 is 0 Å². The van der Waals surface area contributed by atoms with Gasteiger partial charge in [-0.1, -0.05) is 38.5 Å². The van der Waals surface area contributed by atoms with Crippen molar-refractivity contribution in [3.8, 4) is 0 Å². The first-order chi connectivity index (χ1) is 9.50. The molecule has 4 heteroatoms. The summed E-state index contributed by atoms with van der Waals surface area (Å²) in [7, 11) is 1.92. The van der Waals surface area contributed by atoms with E-state index in [0.717, 1.165) is 25.2 Å². The number of rotatable bonds is 4. The van der Waals surface area contributed by atoms with Gasteiger partial charge >= 0.3 is 6.18 Å². The fourth-order valence-electron chi connectivity index (χ4n) is 4.22. The van der Waals surface area contributed by atoms with Crippen LogP contribution in [0.2, 0.25) is 0 Å². The molecule has 0 aromatic rings. The average molecular weight is 291 g/mol. The molecule has 0 amide bonds. The van der Waals surface area contributed by atoms with Gasteiger partial charge in [-0.25, -0.2) is 0 Å². The van der Waals surface area contributed by atoms with E-state index in [-0.39, 0.29) is 12.0 Å². The molecule has 118 valence electrons. The SMILES string of the molecule is CNC(CC1CCCCC1)C1CCCC(C(F)(F)F)C1. The van der Waals surface area contributed by atoms with E-state index in [9.17, 15) is 13.2 Å². The number of hydrogen-bond acceptors (Lipinski definition) is 1. The lowest BCUT2D eigenvalue weighted by atomic mass is 9.74. The standard InChI is InChI=1S/C16H28F3N/c1-20-15(10-12-6-3-2-4-7-12)13-8-5-9-14(11-13)16(17,18)19/h12-15,20H,2-11H2,1H3. The molecule has 0 heterocycles. The van der Waals surface area contributed by atoms with Crippen LogP contribution in [0.4, 0.5) is 13.2 Å². The largest absolute Gasteiger partial charge is 0.391 e. The van der Waals surface area contributed by atoms with Crippen molar-refractivity contribution in [2.75, 3.05) is 7.05 Å². The summed E-state index contributed by atoms with van der Waals surface area (Å²) in [6, 6.07) is 0.281. The predicted octanol–water partition coefficient (Wildman–Crippen LogP) is 4.91. The van der Waals surface area contributed by atoms with E-state index in [1.165, 1.54) is 32.1 Å². The van der Waals surface area contributed by atoms with E-state index in [2.05, 4.69) is 5.32 Å². The molecule has 3 unspecified atom stereocenters. The Morgan fingerprint density at radius 2 is 1.70 bits per heavy atom. The molecule has 1 nitrogen and oxygen atoms in total. The Kier molecular flexibility index (Phi) is 5.76. The number of nitrogens with one attached hydrogen (secondary N) is 1. The molecule has 0 radical (unpaired) electrons. The normalized spacial score (nSPS) is 31.2.